The van der Waals surface area contributed by atoms with Crippen LogP contribution < -0.4 is 4.74 Å². The minimum Gasteiger partial charge on any atom is -0.504 e. The van der Waals surface area contributed by atoms with Crippen LogP contribution in [0.25, 0.3) is 0 Å². The zero-order valence-corrected chi connectivity index (χ0v) is 11.6. The van der Waals surface area contributed by atoms with Crippen molar-refractivity contribution >= 4 is 0 Å². The number of phenols is 1. The predicted molar refractivity (Wildman–Crippen MR) is 77.3 cm³/mol. The topological polar surface area (TPSA) is 29.5 Å². The number of phenolic OH excluding ortho intramolecular Hbond substituents is 1. The van der Waals surface area contributed by atoms with Crippen LogP contribution in [-0.4, -0.2) is 5.11 Å². The molecule has 1 N–H and O–H groups in total. The molecule has 2 aromatic carbocycles. The van der Waals surface area contributed by atoms with Crippen molar-refractivity contribution < 1.29 is 9.84 Å². The molecule has 0 aliphatic carbocycles. The van der Waals surface area contributed by atoms with Crippen LogP contribution >= 0.6 is 0 Å². The van der Waals surface area contributed by atoms with Gasteiger partial charge in [-0.25, -0.2) is 0 Å². The van der Waals surface area contributed by atoms with E-state index in [2.05, 4.69) is 0 Å². The fourth-order valence-corrected chi connectivity index (χ4v) is 1.16. The van der Waals surface area contributed by atoms with Crippen LogP contribution in [0.2, 0.25) is 0 Å². The van der Waals surface area contributed by atoms with E-state index in [0.717, 1.165) is 0 Å². The molecule has 0 bridgehead atoms. The molecule has 2 heteroatoms. The Bertz CT molecular complexity index is 410. The highest BCUT2D eigenvalue weighted by Crippen LogP contribution is 2.29. The molecule has 0 spiro atoms. The zero-order valence-electron chi connectivity index (χ0n) is 11.6. The molecule has 2 rings (SSSR count). The summed E-state index contributed by atoms with van der Waals surface area (Å²) in [5.41, 5.74) is 0. The van der Waals surface area contributed by atoms with E-state index in [1.54, 1.807) is 18.2 Å². The summed E-state index contributed by atoms with van der Waals surface area (Å²) in [4.78, 5) is 0. The van der Waals surface area contributed by atoms with E-state index in [4.69, 9.17) is 4.74 Å². The molecule has 0 atom stereocenters. The van der Waals surface area contributed by atoms with Crippen LogP contribution in [-0.2, 0) is 0 Å². The van der Waals surface area contributed by atoms with Crippen molar-refractivity contribution in [1.29, 1.82) is 0 Å². The molecule has 0 saturated heterocycles. The first kappa shape index (κ1) is 16.0. The summed E-state index contributed by atoms with van der Waals surface area (Å²) in [6, 6.07) is 16.3. The van der Waals surface area contributed by atoms with Crippen LogP contribution in [0.4, 0.5) is 0 Å². The third kappa shape index (κ3) is 5.39. The first-order valence-electron chi connectivity index (χ1n) is 6.37. The van der Waals surface area contributed by atoms with Crippen molar-refractivity contribution in [2.75, 3.05) is 0 Å². The Morgan fingerprint density at radius 1 is 0.722 bits per heavy atom. The number of aromatic hydroxyl groups is 1. The summed E-state index contributed by atoms with van der Waals surface area (Å²) in [5.74, 6) is 1.34. The molecule has 0 heterocycles. The van der Waals surface area contributed by atoms with Crippen LogP contribution in [0.5, 0.6) is 17.2 Å². The smallest absolute Gasteiger partial charge is 0.169 e. The largest absolute Gasteiger partial charge is 0.504 e. The van der Waals surface area contributed by atoms with Gasteiger partial charge < -0.3 is 9.84 Å². The van der Waals surface area contributed by atoms with Crippen molar-refractivity contribution in [2.24, 2.45) is 0 Å². The summed E-state index contributed by atoms with van der Waals surface area (Å²) in [7, 11) is 0. The lowest BCUT2D eigenvalue weighted by molar-refractivity contribution is 0.411. The van der Waals surface area contributed by atoms with Gasteiger partial charge in [0.2, 0.25) is 0 Å². The number of benzene rings is 2. The quantitative estimate of drug-likeness (QED) is 0.785. The molecule has 0 aliphatic heterocycles. The molecular weight excluding hydrogens is 224 g/mol. The van der Waals surface area contributed by atoms with Crippen LogP contribution in [0, 0.1) is 0 Å². The van der Waals surface area contributed by atoms with Gasteiger partial charge >= 0.3 is 0 Å². The van der Waals surface area contributed by atoms with Gasteiger partial charge in [-0.2, -0.15) is 0 Å². The SMILES string of the molecule is CC.CC.Oc1ccccc1Oc1ccccc1. The summed E-state index contributed by atoms with van der Waals surface area (Å²) in [6.45, 7) is 8.00. The first-order chi connectivity index (χ1) is 8.86. The Morgan fingerprint density at radius 2 is 1.22 bits per heavy atom. The van der Waals surface area contributed by atoms with E-state index in [-0.39, 0.29) is 5.75 Å². The average Bonchev–Trinajstić information content (AvgIpc) is 2.47. The molecular formula is C16H22O2. The van der Waals surface area contributed by atoms with Gasteiger partial charge in [-0.3, -0.25) is 0 Å². The minimum absolute atomic E-state index is 0.149. The third-order valence-electron chi connectivity index (χ3n) is 1.84. The average molecular weight is 246 g/mol. The van der Waals surface area contributed by atoms with Crippen LogP contribution in [0.15, 0.2) is 54.6 Å². The number of ether oxygens (including phenoxy) is 1. The summed E-state index contributed by atoms with van der Waals surface area (Å²) in [5, 5.41) is 9.45. The second-order valence-corrected chi connectivity index (χ2v) is 2.88. The van der Waals surface area contributed by atoms with E-state index >= 15 is 0 Å². The van der Waals surface area contributed by atoms with Crippen molar-refractivity contribution in [1.82, 2.24) is 0 Å². The van der Waals surface area contributed by atoms with Crippen molar-refractivity contribution in [3.05, 3.63) is 54.6 Å². The van der Waals surface area contributed by atoms with Crippen molar-refractivity contribution in [2.45, 2.75) is 27.7 Å². The molecule has 0 aromatic heterocycles. The molecule has 0 radical (unpaired) electrons. The second-order valence-electron chi connectivity index (χ2n) is 2.88. The maximum Gasteiger partial charge on any atom is 0.169 e. The lowest BCUT2D eigenvalue weighted by Gasteiger charge is -2.06. The van der Waals surface area contributed by atoms with Crippen molar-refractivity contribution in [3.8, 4) is 17.2 Å². The van der Waals surface area contributed by atoms with E-state index in [9.17, 15) is 5.11 Å². The minimum atomic E-state index is 0.149. The van der Waals surface area contributed by atoms with E-state index in [1.807, 2.05) is 64.1 Å². The number of hydrogen-bond donors (Lipinski definition) is 1. The Kier molecular flexibility index (Phi) is 9.10. The third-order valence-corrected chi connectivity index (χ3v) is 1.84. The zero-order chi connectivity index (χ0) is 13.8. The summed E-state index contributed by atoms with van der Waals surface area (Å²) >= 11 is 0. The normalized spacial score (nSPS) is 8.22. The van der Waals surface area contributed by atoms with Crippen LogP contribution in [0.1, 0.15) is 27.7 Å². The molecule has 18 heavy (non-hydrogen) atoms. The summed E-state index contributed by atoms with van der Waals surface area (Å²) in [6.07, 6.45) is 0. The number of hydrogen-bond acceptors (Lipinski definition) is 2. The molecule has 98 valence electrons. The van der Waals surface area contributed by atoms with E-state index in [0.29, 0.717) is 11.5 Å². The maximum atomic E-state index is 9.45. The van der Waals surface area contributed by atoms with Gasteiger partial charge in [0.05, 0.1) is 0 Å². The Hall–Kier alpha value is -1.96. The van der Waals surface area contributed by atoms with Gasteiger partial charge in [0, 0.05) is 0 Å². The highest BCUT2D eigenvalue weighted by atomic mass is 16.5. The first-order valence-corrected chi connectivity index (χ1v) is 6.37. The molecule has 2 nitrogen and oxygen atoms in total. The fraction of sp³-hybridized carbons (Fsp3) is 0.250. The highest BCUT2D eigenvalue weighted by molar-refractivity contribution is 5.41. The van der Waals surface area contributed by atoms with E-state index < -0.39 is 0 Å². The fourth-order valence-electron chi connectivity index (χ4n) is 1.16. The number of para-hydroxylation sites is 3. The highest BCUT2D eigenvalue weighted by Gasteiger charge is 2.00. The lowest BCUT2D eigenvalue weighted by atomic mass is 10.3. The van der Waals surface area contributed by atoms with Gasteiger partial charge in [0.25, 0.3) is 0 Å². The van der Waals surface area contributed by atoms with E-state index in [1.165, 1.54) is 0 Å². The summed E-state index contributed by atoms with van der Waals surface area (Å²) < 4.78 is 5.46. The monoisotopic (exact) mass is 246 g/mol. The molecule has 2 aromatic rings. The van der Waals surface area contributed by atoms with Crippen molar-refractivity contribution in [3.63, 3.8) is 0 Å². The van der Waals surface area contributed by atoms with Gasteiger partial charge in [0.1, 0.15) is 5.75 Å². The Morgan fingerprint density at radius 3 is 1.78 bits per heavy atom. The Labute approximate surface area is 110 Å². The van der Waals surface area contributed by atoms with Crippen LogP contribution in [0.3, 0.4) is 0 Å². The molecule has 0 unspecified atom stereocenters. The standard InChI is InChI=1S/C12H10O2.2C2H6/c13-11-8-4-5-9-12(11)14-10-6-2-1-3-7-10;2*1-2/h1-9,13H;2*1-2H3. The molecule has 0 fully saturated rings. The van der Waals surface area contributed by atoms with Gasteiger partial charge in [-0.05, 0) is 24.3 Å². The maximum absolute atomic E-state index is 9.45. The van der Waals surface area contributed by atoms with Gasteiger partial charge in [-0.15, -0.1) is 0 Å². The van der Waals surface area contributed by atoms with Gasteiger partial charge in [-0.1, -0.05) is 58.0 Å². The van der Waals surface area contributed by atoms with Gasteiger partial charge in [0.15, 0.2) is 11.5 Å². The second kappa shape index (κ2) is 10.2. The number of rotatable bonds is 2. The predicted octanol–water partition coefficient (Wildman–Crippen LogP) is 5.24. The molecule has 0 saturated carbocycles. The molecule has 0 amide bonds. The lowest BCUT2D eigenvalue weighted by Crippen LogP contribution is -1.83. The molecule has 0 aliphatic rings. The Balaban J connectivity index is 0.000000659.